The summed E-state index contributed by atoms with van der Waals surface area (Å²) in [5.74, 6) is -0.00241. The van der Waals surface area contributed by atoms with Gasteiger partial charge in [-0.15, -0.1) is 0 Å². The molecule has 32 heavy (non-hydrogen) atoms. The van der Waals surface area contributed by atoms with Crippen molar-refractivity contribution in [2.45, 2.75) is 19.4 Å². The maximum Gasteiger partial charge on any atom is 0.256 e. The van der Waals surface area contributed by atoms with Crippen LogP contribution in [-0.2, 0) is 6.42 Å². The number of benzene rings is 2. The standard InChI is InChI=1S/C23H24N8O/c1-17-5-6-22(31-27-9-10-28-31)21(13-17)23(32)29-12-11-24-16-20(29)15-18-3-2-4-19(14-18)30-25-7-8-26-30/h2-10,13-14,20,24H,11-12,15-16H2,1H3/t20-/m1/s1. The van der Waals surface area contributed by atoms with Gasteiger partial charge in [0.05, 0.1) is 41.7 Å². The number of nitrogens with one attached hydrogen (secondary N) is 1. The molecule has 1 saturated heterocycles. The minimum Gasteiger partial charge on any atom is -0.333 e. The molecule has 1 aliphatic heterocycles. The molecule has 5 rings (SSSR count). The minimum absolute atomic E-state index is 0.00241. The van der Waals surface area contributed by atoms with E-state index in [2.05, 4.69) is 37.8 Å². The van der Waals surface area contributed by atoms with Crippen LogP contribution in [0, 0.1) is 6.92 Å². The number of aryl methyl sites for hydroxylation is 1. The normalized spacial score (nSPS) is 16.3. The highest BCUT2D eigenvalue weighted by Crippen LogP contribution is 2.21. The van der Waals surface area contributed by atoms with Crippen LogP contribution < -0.4 is 5.32 Å². The fraction of sp³-hybridized carbons (Fsp3) is 0.261. The molecule has 1 atom stereocenters. The van der Waals surface area contributed by atoms with E-state index in [1.807, 2.05) is 42.2 Å². The van der Waals surface area contributed by atoms with E-state index in [9.17, 15) is 4.79 Å². The zero-order chi connectivity index (χ0) is 21.9. The maximum absolute atomic E-state index is 13.7. The highest BCUT2D eigenvalue weighted by molar-refractivity contribution is 5.98. The molecule has 0 saturated carbocycles. The van der Waals surface area contributed by atoms with E-state index in [1.165, 1.54) is 4.80 Å². The number of rotatable bonds is 5. The van der Waals surface area contributed by atoms with Gasteiger partial charge in [0.1, 0.15) is 0 Å². The number of aromatic nitrogens is 6. The van der Waals surface area contributed by atoms with Gasteiger partial charge in [-0.25, -0.2) is 0 Å². The zero-order valence-electron chi connectivity index (χ0n) is 17.8. The number of hydrogen-bond donors (Lipinski definition) is 1. The van der Waals surface area contributed by atoms with Gasteiger partial charge in [-0.1, -0.05) is 23.8 Å². The topological polar surface area (TPSA) is 93.8 Å². The Labute approximate surface area is 185 Å². The molecule has 9 heteroatoms. The van der Waals surface area contributed by atoms with E-state index in [0.717, 1.165) is 36.3 Å². The predicted molar refractivity (Wildman–Crippen MR) is 119 cm³/mol. The second-order valence-electron chi connectivity index (χ2n) is 7.89. The molecule has 162 valence electrons. The molecule has 0 bridgehead atoms. The first-order valence-corrected chi connectivity index (χ1v) is 10.6. The molecule has 2 aromatic carbocycles. The van der Waals surface area contributed by atoms with E-state index in [-0.39, 0.29) is 11.9 Å². The van der Waals surface area contributed by atoms with Gasteiger partial charge in [0.15, 0.2) is 0 Å². The van der Waals surface area contributed by atoms with Crippen LogP contribution >= 0.6 is 0 Å². The van der Waals surface area contributed by atoms with Crippen molar-refractivity contribution in [3.05, 3.63) is 83.9 Å². The van der Waals surface area contributed by atoms with Gasteiger partial charge in [0, 0.05) is 25.7 Å². The summed E-state index contributed by atoms with van der Waals surface area (Å²) >= 11 is 0. The molecular weight excluding hydrogens is 404 g/mol. The number of piperazine rings is 1. The van der Waals surface area contributed by atoms with Gasteiger partial charge >= 0.3 is 0 Å². The highest BCUT2D eigenvalue weighted by Gasteiger charge is 2.29. The number of amides is 1. The Bertz CT molecular complexity index is 1200. The minimum atomic E-state index is -0.00241. The smallest absolute Gasteiger partial charge is 0.256 e. The molecule has 0 spiro atoms. The molecule has 4 aromatic rings. The number of carbonyl (C=O) groups excluding carboxylic acids is 1. The number of hydrogen-bond acceptors (Lipinski definition) is 6. The average molecular weight is 429 g/mol. The van der Waals surface area contributed by atoms with E-state index in [1.54, 1.807) is 29.6 Å². The lowest BCUT2D eigenvalue weighted by Crippen LogP contribution is -2.54. The van der Waals surface area contributed by atoms with Gasteiger partial charge in [-0.3, -0.25) is 4.79 Å². The lowest BCUT2D eigenvalue weighted by atomic mass is 10.0. The van der Waals surface area contributed by atoms with Crippen molar-refractivity contribution in [3.8, 4) is 11.4 Å². The first-order chi connectivity index (χ1) is 15.7. The Morgan fingerprint density at radius 1 is 1.00 bits per heavy atom. The van der Waals surface area contributed by atoms with E-state index in [4.69, 9.17) is 0 Å². The molecule has 2 aromatic heterocycles. The molecule has 9 nitrogen and oxygen atoms in total. The molecule has 1 amide bonds. The van der Waals surface area contributed by atoms with Crippen LogP contribution in [0.2, 0.25) is 0 Å². The molecule has 1 fully saturated rings. The monoisotopic (exact) mass is 428 g/mol. The van der Waals surface area contributed by atoms with Crippen LogP contribution in [0.4, 0.5) is 0 Å². The average Bonchev–Trinajstić information content (AvgIpc) is 3.54. The molecular formula is C23H24N8O. The van der Waals surface area contributed by atoms with Crippen molar-refractivity contribution in [2.75, 3.05) is 19.6 Å². The Balaban J connectivity index is 1.43. The Hall–Kier alpha value is -3.85. The SMILES string of the molecule is Cc1ccc(-n2nccn2)c(C(=O)N2CCNC[C@H]2Cc2cccc(-n3nccn3)c2)c1. The Kier molecular flexibility index (Phi) is 5.47. The maximum atomic E-state index is 13.7. The zero-order valence-corrected chi connectivity index (χ0v) is 17.8. The lowest BCUT2D eigenvalue weighted by Gasteiger charge is -2.37. The summed E-state index contributed by atoms with van der Waals surface area (Å²) in [5, 5.41) is 20.3. The van der Waals surface area contributed by atoms with Crippen molar-refractivity contribution in [1.82, 2.24) is 40.2 Å². The van der Waals surface area contributed by atoms with Gasteiger partial charge in [-0.05, 0) is 43.2 Å². The molecule has 1 N–H and O–H groups in total. The Morgan fingerprint density at radius 3 is 2.53 bits per heavy atom. The summed E-state index contributed by atoms with van der Waals surface area (Å²) in [6, 6.07) is 13.9. The fourth-order valence-electron chi connectivity index (χ4n) is 4.13. The van der Waals surface area contributed by atoms with Crippen LogP contribution in [-0.4, -0.2) is 66.5 Å². The first-order valence-electron chi connectivity index (χ1n) is 10.6. The summed E-state index contributed by atoms with van der Waals surface area (Å²) in [5.41, 5.74) is 4.36. The van der Waals surface area contributed by atoms with Gasteiger partial charge in [0.25, 0.3) is 5.91 Å². The third kappa shape index (κ3) is 4.02. The van der Waals surface area contributed by atoms with Crippen LogP contribution in [0.3, 0.4) is 0 Å². The van der Waals surface area contributed by atoms with Crippen molar-refractivity contribution in [3.63, 3.8) is 0 Å². The van der Waals surface area contributed by atoms with Crippen LogP contribution in [0.5, 0.6) is 0 Å². The van der Waals surface area contributed by atoms with Crippen molar-refractivity contribution in [1.29, 1.82) is 0 Å². The van der Waals surface area contributed by atoms with E-state index in [0.29, 0.717) is 17.8 Å². The van der Waals surface area contributed by atoms with Crippen LogP contribution in [0.25, 0.3) is 11.4 Å². The molecule has 3 heterocycles. The second kappa shape index (κ2) is 8.72. The molecule has 0 aliphatic carbocycles. The summed E-state index contributed by atoms with van der Waals surface area (Å²) in [6.07, 6.45) is 7.28. The van der Waals surface area contributed by atoms with Crippen LogP contribution in [0.15, 0.2) is 67.3 Å². The quantitative estimate of drug-likeness (QED) is 0.521. The second-order valence-corrected chi connectivity index (χ2v) is 7.89. The predicted octanol–water partition coefficient (Wildman–Crippen LogP) is 1.81. The highest BCUT2D eigenvalue weighted by atomic mass is 16.2. The molecule has 0 unspecified atom stereocenters. The summed E-state index contributed by atoms with van der Waals surface area (Å²) < 4.78 is 0. The van der Waals surface area contributed by atoms with Gasteiger partial charge in [-0.2, -0.15) is 30.0 Å². The van der Waals surface area contributed by atoms with Crippen molar-refractivity contribution in [2.24, 2.45) is 0 Å². The fourth-order valence-corrected chi connectivity index (χ4v) is 4.13. The largest absolute Gasteiger partial charge is 0.333 e. The number of carbonyl (C=O) groups is 1. The third-order valence-corrected chi connectivity index (χ3v) is 5.66. The van der Waals surface area contributed by atoms with Gasteiger partial charge < -0.3 is 10.2 Å². The van der Waals surface area contributed by atoms with Crippen molar-refractivity contribution < 1.29 is 4.79 Å². The first kappa shape index (κ1) is 20.1. The Morgan fingerprint density at radius 2 is 1.75 bits per heavy atom. The van der Waals surface area contributed by atoms with Gasteiger partial charge in [0.2, 0.25) is 0 Å². The van der Waals surface area contributed by atoms with Crippen molar-refractivity contribution >= 4 is 5.91 Å². The third-order valence-electron chi connectivity index (χ3n) is 5.66. The van der Waals surface area contributed by atoms with Crippen LogP contribution in [0.1, 0.15) is 21.5 Å². The summed E-state index contributed by atoms with van der Waals surface area (Å²) in [6.45, 7) is 4.13. The van der Waals surface area contributed by atoms with E-state index >= 15 is 0 Å². The van der Waals surface area contributed by atoms with E-state index < -0.39 is 0 Å². The summed E-state index contributed by atoms with van der Waals surface area (Å²) in [7, 11) is 0. The lowest BCUT2D eigenvalue weighted by molar-refractivity contribution is 0.0635. The molecule has 0 radical (unpaired) electrons. The molecule has 1 aliphatic rings. The summed E-state index contributed by atoms with van der Waals surface area (Å²) in [4.78, 5) is 18.8. The number of nitrogens with zero attached hydrogens (tertiary/aromatic N) is 7.